The van der Waals surface area contributed by atoms with Crippen LogP contribution in [-0.4, -0.2) is 31.1 Å². The molecule has 2 aromatic carbocycles. The number of hydrogen-bond acceptors (Lipinski definition) is 5. The van der Waals surface area contributed by atoms with Crippen molar-refractivity contribution in [2.75, 3.05) is 18.5 Å². The van der Waals surface area contributed by atoms with E-state index in [1.807, 2.05) is 0 Å². The van der Waals surface area contributed by atoms with Crippen LogP contribution in [0.25, 0.3) is 6.08 Å². The van der Waals surface area contributed by atoms with Crippen molar-refractivity contribution in [2.45, 2.75) is 6.92 Å². The molecule has 0 aromatic heterocycles. The quantitative estimate of drug-likeness (QED) is 0.597. The molecule has 1 amide bonds. The van der Waals surface area contributed by atoms with Crippen molar-refractivity contribution >= 4 is 29.6 Å². The van der Waals surface area contributed by atoms with Crippen LogP contribution in [0.4, 0.5) is 10.1 Å². The summed E-state index contributed by atoms with van der Waals surface area (Å²) in [7, 11) is 0. The van der Waals surface area contributed by atoms with E-state index < -0.39 is 30.3 Å². The molecule has 0 spiro atoms. The van der Waals surface area contributed by atoms with Gasteiger partial charge in [-0.25, -0.2) is 14.0 Å². The third-order valence-electron chi connectivity index (χ3n) is 3.33. The SMILES string of the molecule is CCOC(=O)c1ccc(NC(=O)COC(=O)/C=C/c2ccccc2F)cc1. The molecule has 0 heterocycles. The minimum atomic E-state index is -0.772. The fourth-order valence-corrected chi connectivity index (χ4v) is 2.05. The average molecular weight is 371 g/mol. The van der Waals surface area contributed by atoms with Crippen LogP contribution >= 0.6 is 0 Å². The summed E-state index contributed by atoms with van der Waals surface area (Å²) in [5.74, 6) is -2.24. The van der Waals surface area contributed by atoms with Gasteiger partial charge in [-0.15, -0.1) is 0 Å². The van der Waals surface area contributed by atoms with Gasteiger partial charge in [-0.2, -0.15) is 0 Å². The molecule has 6 nitrogen and oxygen atoms in total. The molecular formula is C20H18FNO5. The molecule has 0 aliphatic rings. The third-order valence-corrected chi connectivity index (χ3v) is 3.33. The van der Waals surface area contributed by atoms with Crippen LogP contribution in [0.5, 0.6) is 0 Å². The lowest BCUT2D eigenvalue weighted by atomic mass is 10.2. The maximum absolute atomic E-state index is 13.4. The fraction of sp³-hybridized carbons (Fsp3) is 0.150. The Hall–Kier alpha value is -3.48. The van der Waals surface area contributed by atoms with E-state index in [0.717, 1.165) is 6.08 Å². The van der Waals surface area contributed by atoms with Crippen molar-refractivity contribution < 1.29 is 28.2 Å². The predicted molar refractivity (Wildman–Crippen MR) is 97.4 cm³/mol. The van der Waals surface area contributed by atoms with E-state index in [1.54, 1.807) is 13.0 Å². The molecular weight excluding hydrogens is 353 g/mol. The van der Waals surface area contributed by atoms with Crippen molar-refractivity contribution in [3.63, 3.8) is 0 Å². The molecule has 0 aliphatic heterocycles. The third kappa shape index (κ3) is 6.39. The molecule has 7 heteroatoms. The minimum Gasteiger partial charge on any atom is -0.462 e. The van der Waals surface area contributed by atoms with Crippen molar-refractivity contribution in [1.82, 2.24) is 0 Å². The number of anilines is 1. The van der Waals surface area contributed by atoms with Crippen LogP contribution in [0.3, 0.4) is 0 Å². The van der Waals surface area contributed by atoms with Gasteiger partial charge in [0.15, 0.2) is 6.61 Å². The summed E-state index contributed by atoms with van der Waals surface area (Å²) < 4.78 is 23.1. The number of ether oxygens (including phenoxy) is 2. The summed E-state index contributed by atoms with van der Waals surface area (Å²) in [4.78, 5) is 34.9. The summed E-state index contributed by atoms with van der Waals surface area (Å²) in [6.45, 7) is 1.48. The highest BCUT2D eigenvalue weighted by Crippen LogP contribution is 2.11. The lowest BCUT2D eigenvalue weighted by Gasteiger charge is -2.06. The normalized spacial score (nSPS) is 10.4. The first-order valence-corrected chi connectivity index (χ1v) is 8.16. The van der Waals surface area contributed by atoms with Gasteiger partial charge in [0, 0.05) is 17.3 Å². The van der Waals surface area contributed by atoms with E-state index in [1.165, 1.54) is 48.5 Å². The Labute approximate surface area is 155 Å². The van der Waals surface area contributed by atoms with Crippen LogP contribution < -0.4 is 5.32 Å². The number of rotatable bonds is 7. The standard InChI is InChI=1S/C20H18FNO5/c1-2-26-20(25)15-7-10-16(11-8-15)22-18(23)13-27-19(24)12-9-14-5-3-4-6-17(14)21/h3-12H,2,13H2,1H3,(H,22,23)/b12-9+. The van der Waals surface area contributed by atoms with Crippen molar-refractivity contribution in [3.05, 3.63) is 71.6 Å². The van der Waals surface area contributed by atoms with E-state index in [-0.39, 0.29) is 12.2 Å². The fourth-order valence-electron chi connectivity index (χ4n) is 2.05. The zero-order chi connectivity index (χ0) is 19.6. The van der Waals surface area contributed by atoms with Crippen molar-refractivity contribution in [1.29, 1.82) is 0 Å². The predicted octanol–water partition coefficient (Wildman–Crippen LogP) is 3.20. The number of nitrogens with one attached hydrogen (secondary N) is 1. The Bertz CT molecular complexity index is 846. The van der Waals surface area contributed by atoms with Crippen LogP contribution in [-0.2, 0) is 19.1 Å². The number of carbonyl (C=O) groups is 3. The molecule has 2 rings (SSSR count). The topological polar surface area (TPSA) is 81.7 Å². The van der Waals surface area contributed by atoms with E-state index in [4.69, 9.17) is 9.47 Å². The highest BCUT2D eigenvalue weighted by atomic mass is 19.1. The molecule has 0 saturated heterocycles. The second-order valence-electron chi connectivity index (χ2n) is 5.31. The average Bonchev–Trinajstić information content (AvgIpc) is 2.66. The van der Waals surface area contributed by atoms with Gasteiger partial charge in [-0.3, -0.25) is 4.79 Å². The maximum atomic E-state index is 13.4. The lowest BCUT2D eigenvalue weighted by Crippen LogP contribution is -2.20. The van der Waals surface area contributed by atoms with Gasteiger partial charge in [-0.05, 0) is 43.3 Å². The van der Waals surface area contributed by atoms with Crippen LogP contribution in [0.2, 0.25) is 0 Å². The van der Waals surface area contributed by atoms with Gasteiger partial charge in [0.2, 0.25) is 0 Å². The first kappa shape index (κ1) is 19.8. The number of amides is 1. The van der Waals surface area contributed by atoms with E-state index in [9.17, 15) is 18.8 Å². The molecule has 140 valence electrons. The summed E-state index contributed by atoms with van der Waals surface area (Å²) >= 11 is 0. The Kier molecular flexibility index (Phi) is 7.25. The Balaban J connectivity index is 1.81. The molecule has 0 aliphatic carbocycles. The van der Waals surface area contributed by atoms with Gasteiger partial charge in [0.1, 0.15) is 5.82 Å². The smallest absolute Gasteiger partial charge is 0.338 e. The molecule has 0 bridgehead atoms. The highest BCUT2D eigenvalue weighted by molar-refractivity contribution is 5.95. The van der Waals surface area contributed by atoms with Crippen LogP contribution in [0.1, 0.15) is 22.8 Å². The zero-order valence-electron chi connectivity index (χ0n) is 14.6. The summed E-state index contributed by atoms with van der Waals surface area (Å²) in [5.41, 5.74) is 1.03. The van der Waals surface area contributed by atoms with Crippen LogP contribution in [0.15, 0.2) is 54.6 Å². The molecule has 0 saturated carbocycles. The second-order valence-corrected chi connectivity index (χ2v) is 5.31. The first-order chi connectivity index (χ1) is 13.0. The largest absolute Gasteiger partial charge is 0.462 e. The van der Waals surface area contributed by atoms with Gasteiger partial charge in [-0.1, -0.05) is 18.2 Å². The maximum Gasteiger partial charge on any atom is 0.338 e. The Morgan fingerprint density at radius 2 is 1.74 bits per heavy atom. The number of carbonyl (C=O) groups excluding carboxylic acids is 3. The molecule has 0 unspecified atom stereocenters. The number of halogens is 1. The lowest BCUT2D eigenvalue weighted by molar-refractivity contribution is -0.142. The van der Waals surface area contributed by atoms with Gasteiger partial charge in [0.25, 0.3) is 5.91 Å². The number of benzene rings is 2. The van der Waals surface area contributed by atoms with E-state index >= 15 is 0 Å². The van der Waals surface area contributed by atoms with E-state index in [2.05, 4.69) is 5.32 Å². The highest BCUT2D eigenvalue weighted by Gasteiger charge is 2.08. The van der Waals surface area contributed by atoms with Crippen molar-refractivity contribution in [2.24, 2.45) is 0 Å². The summed E-state index contributed by atoms with van der Waals surface area (Å²) in [6.07, 6.45) is 2.31. The van der Waals surface area contributed by atoms with E-state index in [0.29, 0.717) is 11.3 Å². The monoisotopic (exact) mass is 371 g/mol. The summed E-state index contributed by atoms with van der Waals surface area (Å²) in [5, 5.41) is 2.53. The van der Waals surface area contributed by atoms with Crippen LogP contribution in [0, 0.1) is 5.82 Å². The number of hydrogen-bond donors (Lipinski definition) is 1. The van der Waals surface area contributed by atoms with Gasteiger partial charge in [0.05, 0.1) is 12.2 Å². The molecule has 27 heavy (non-hydrogen) atoms. The summed E-state index contributed by atoms with van der Waals surface area (Å²) in [6, 6.07) is 12.0. The Morgan fingerprint density at radius 1 is 1.04 bits per heavy atom. The Morgan fingerprint density at radius 3 is 2.41 bits per heavy atom. The minimum absolute atomic E-state index is 0.237. The second kappa shape index (κ2) is 9.86. The molecule has 0 fully saturated rings. The van der Waals surface area contributed by atoms with Crippen molar-refractivity contribution in [3.8, 4) is 0 Å². The number of esters is 2. The first-order valence-electron chi connectivity index (χ1n) is 8.16. The molecule has 2 aromatic rings. The molecule has 0 radical (unpaired) electrons. The molecule has 0 atom stereocenters. The van der Waals surface area contributed by atoms with Gasteiger partial charge >= 0.3 is 11.9 Å². The zero-order valence-corrected chi connectivity index (χ0v) is 14.6. The molecule has 1 N–H and O–H groups in total. The van der Waals surface area contributed by atoms with Gasteiger partial charge < -0.3 is 14.8 Å².